The third-order valence-electron chi connectivity index (χ3n) is 3.01. The van der Waals surface area contributed by atoms with Crippen LogP contribution in [0.15, 0.2) is 0 Å². The predicted molar refractivity (Wildman–Crippen MR) is 64.4 cm³/mol. The van der Waals surface area contributed by atoms with Crippen LogP contribution < -0.4 is 0 Å². The number of hydrogen-bond donors (Lipinski definition) is 0. The molecule has 1 amide bonds. The highest BCUT2D eigenvalue weighted by Gasteiger charge is 2.20. The Morgan fingerprint density at radius 3 is 2.62 bits per heavy atom. The van der Waals surface area contributed by atoms with Crippen molar-refractivity contribution in [2.45, 2.75) is 20.3 Å². The zero-order chi connectivity index (χ0) is 12.0. The summed E-state index contributed by atoms with van der Waals surface area (Å²) in [6.07, 6.45) is 1.07. The molecular weight excluding hydrogens is 204 g/mol. The van der Waals surface area contributed by atoms with Crippen molar-refractivity contribution in [2.75, 3.05) is 46.4 Å². The van der Waals surface area contributed by atoms with Crippen molar-refractivity contribution < 1.29 is 9.53 Å². The second-order valence-corrected chi connectivity index (χ2v) is 4.67. The average Bonchev–Trinajstić information content (AvgIpc) is 2.50. The smallest absolute Gasteiger partial charge is 0.225 e. The fourth-order valence-corrected chi connectivity index (χ4v) is 2.00. The van der Waals surface area contributed by atoms with E-state index < -0.39 is 0 Å². The molecule has 1 fully saturated rings. The highest BCUT2D eigenvalue weighted by atomic mass is 16.5. The zero-order valence-corrected chi connectivity index (χ0v) is 10.7. The van der Waals surface area contributed by atoms with Gasteiger partial charge in [-0.3, -0.25) is 9.69 Å². The van der Waals surface area contributed by atoms with Crippen molar-refractivity contribution in [3.63, 3.8) is 0 Å². The van der Waals surface area contributed by atoms with Crippen molar-refractivity contribution in [3.05, 3.63) is 0 Å². The Morgan fingerprint density at radius 2 is 2.00 bits per heavy atom. The third-order valence-corrected chi connectivity index (χ3v) is 3.01. The molecule has 0 bridgehead atoms. The van der Waals surface area contributed by atoms with Crippen molar-refractivity contribution in [1.29, 1.82) is 0 Å². The van der Waals surface area contributed by atoms with E-state index in [1.54, 1.807) is 7.11 Å². The summed E-state index contributed by atoms with van der Waals surface area (Å²) < 4.78 is 5.08. The molecule has 4 heteroatoms. The summed E-state index contributed by atoms with van der Waals surface area (Å²) in [5.41, 5.74) is 0. The molecule has 1 saturated heterocycles. The molecule has 0 aromatic heterocycles. The van der Waals surface area contributed by atoms with E-state index in [0.29, 0.717) is 0 Å². The summed E-state index contributed by atoms with van der Waals surface area (Å²) in [6.45, 7) is 9.50. The SMILES string of the molecule is COCCN1CCCN(C(=O)C(C)C)CC1. The molecule has 0 atom stereocenters. The van der Waals surface area contributed by atoms with Crippen LogP contribution in [0.1, 0.15) is 20.3 Å². The summed E-state index contributed by atoms with van der Waals surface area (Å²) in [5, 5.41) is 0. The number of methoxy groups -OCH3 is 1. The van der Waals surface area contributed by atoms with E-state index in [2.05, 4.69) is 4.90 Å². The Labute approximate surface area is 98.5 Å². The van der Waals surface area contributed by atoms with Gasteiger partial charge >= 0.3 is 0 Å². The molecule has 0 unspecified atom stereocenters. The zero-order valence-electron chi connectivity index (χ0n) is 10.7. The lowest BCUT2D eigenvalue weighted by molar-refractivity contribution is -0.134. The Bertz CT molecular complexity index is 219. The maximum Gasteiger partial charge on any atom is 0.225 e. The number of amides is 1. The van der Waals surface area contributed by atoms with Gasteiger partial charge in [0.25, 0.3) is 0 Å². The van der Waals surface area contributed by atoms with Gasteiger partial charge in [-0.25, -0.2) is 0 Å². The van der Waals surface area contributed by atoms with Crippen molar-refractivity contribution in [2.24, 2.45) is 5.92 Å². The number of carbonyl (C=O) groups is 1. The number of carbonyl (C=O) groups excluding carboxylic acids is 1. The van der Waals surface area contributed by atoms with Gasteiger partial charge < -0.3 is 9.64 Å². The van der Waals surface area contributed by atoms with E-state index in [4.69, 9.17) is 4.74 Å². The topological polar surface area (TPSA) is 32.8 Å². The highest BCUT2D eigenvalue weighted by Crippen LogP contribution is 2.07. The fraction of sp³-hybridized carbons (Fsp3) is 0.917. The molecule has 1 aliphatic heterocycles. The standard InChI is InChI=1S/C12H24N2O2/c1-11(2)12(15)14-6-4-5-13(7-8-14)9-10-16-3/h11H,4-10H2,1-3H3. The predicted octanol–water partition coefficient (Wildman–Crippen LogP) is 0.823. The van der Waals surface area contributed by atoms with Gasteiger partial charge in [-0.05, 0) is 13.0 Å². The first-order chi connectivity index (χ1) is 7.65. The van der Waals surface area contributed by atoms with Gasteiger partial charge in [-0.2, -0.15) is 0 Å². The minimum atomic E-state index is 0.116. The first kappa shape index (κ1) is 13.5. The molecule has 0 N–H and O–H groups in total. The largest absolute Gasteiger partial charge is 0.383 e. The van der Waals surface area contributed by atoms with Crippen molar-refractivity contribution >= 4 is 5.91 Å². The number of rotatable bonds is 4. The Balaban J connectivity index is 2.37. The van der Waals surface area contributed by atoms with Crippen molar-refractivity contribution in [1.82, 2.24) is 9.80 Å². The number of nitrogens with zero attached hydrogens (tertiary/aromatic N) is 2. The van der Waals surface area contributed by atoms with Crippen LogP contribution in [0.3, 0.4) is 0 Å². The normalized spacial score (nSPS) is 18.9. The van der Waals surface area contributed by atoms with Crippen LogP contribution in [-0.4, -0.2) is 62.1 Å². The molecule has 94 valence electrons. The molecule has 0 saturated carbocycles. The Kier molecular flexibility index (Phi) is 5.77. The molecule has 0 radical (unpaired) electrons. The molecule has 1 heterocycles. The molecule has 1 rings (SSSR count). The molecule has 1 aliphatic rings. The van der Waals surface area contributed by atoms with Gasteiger partial charge in [0.1, 0.15) is 0 Å². The first-order valence-corrected chi connectivity index (χ1v) is 6.15. The summed E-state index contributed by atoms with van der Waals surface area (Å²) in [4.78, 5) is 16.2. The maximum absolute atomic E-state index is 11.9. The summed E-state index contributed by atoms with van der Waals surface area (Å²) in [7, 11) is 1.73. The van der Waals surface area contributed by atoms with E-state index in [-0.39, 0.29) is 11.8 Å². The van der Waals surface area contributed by atoms with Gasteiger partial charge in [0.05, 0.1) is 6.61 Å². The molecule has 0 aromatic carbocycles. The van der Waals surface area contributed by atoms with Crippen LogP contribution in [0, 0.1) is 5.92 Å². The van der Waals surface area contributed by atoms with Gasteiger partial charge in [0, 0.05) is 39.2 Å². The van der Waals surface area contributed by atoms with Gasteiger partial charge in [0.15, 0.2) is 0 Å². The Morgan fingerprint density at radius 1 is 1.25 bits per heavy atom. The second-order valence-electron chi connectivity index (χ2n) is 4.67. The lowest BCUT2D eigenvalue weighted by atomic mass is 10.2. The minimum absolute atomic E-state index is 0.116. The van der Waals surface area contributed by atoms with E-state index in [9.17, 15) is 4.79 Å². The van der Waals surface area contributed by atoms with Crippen molar-refractivity contribution in [3.8, 4) is 0 Å². The molecular formula is C12H24N2O2. The molecule has 4 nitrogen and oxygen atoms in total. The van der Waals surface area contributed by atoms with Crippen LogP contribution in [0.5, 0.6) is 0 Å². The van der Waals surface area contributed by atoms with Crippen LogP contribution >= 0.6 is 0 Å². The molecule has 0 aromatic rings. The summed E-state index contributed by atoms with van der Waals surface area (Å²) in [5.74, 6) is 0.402. The quantitative estimate of drug-likeness (QED) is 0.714. The van der Waals surface area contributed by atoms with E-state index in [1.807, 2.05) is 18.7 Å². The van der Waals surface area contributed by atoms with Gasteiger partial charge in [-0.15, -0.1) is 0 Å². The monoisotopic (exact) mass is 228 g/mol. The summed E-state index contributed by atoms with van der Waals surface area (Å²) in [6, 6.07) is 0. The molecule has 0 aliphatic carbocycles. The van der Waals surface area contributed by atoms with E-state index in [0.717, 1.165) is 45.8 Å². The van der Waals surface area contributed by atoms with Crippen LogP contribution in [0.2, 0.25) is 0 Å². The molecule has 0 spiro atoms. The molecule has 16 heavy (non-hydrogen) atoms. The van der Waals surface area contributed by atoms with E-state index in [1.165, 1.54) is 0 Å². The van der Waals surface area contributed by atoms with Gasteiger partial charge in [-0.1, -0.05) is 13.8 Å². The summed E-state index contributed by atoms with van der Waals surface area (Å²) >= 11 is 0. The van der Waals surface area contributed by atoms with Gasteiger partial charge in [0.2, 0.25) is 5.91 Å². The fourth-order valence-electron chi connectivity index (χ4n) is 2.00. The van der Waals surface area contributed by atoms with Crippen LogP contribution in [0.25, 0.3) is 0 Å². The van der Waals surface area contributed by atoms with Crippen LogP contribution in [-0.2, 0) is 9.53 Å². The number of hydrogen-bond acceptors (Lipinski definition) is 3. The lowest BCUT2D eigenvalue weighted by Crippen LogP contribution is -2.38. The highest BCUT2D eigenvalue weighted by molar-refractivity contribution is 5.78. The Hall–Kier alpha value is -0.610. The number of ether oxygens (including phenoxy) is 1. The second kappa shape index (κ2) is 6.86. The van der Waals surface area contributed by atoms with E-state index >= 15 is 0 Å². The minimum Gasteiger partial charge on any atom is -0.383 e. The first-order valence-electron chi connectivity index (χ1n) is 6.15. The van der Waals surface area contributed by atoms with Crippen LogP contribution in [0.4, 0.5) is 0 Å². The third kappa shape index (κ3) is 4.10. The average molecular weight is 228 g/mol. The lowest BCUT2D eigenvalue weighted by Gasteiger charge is -2.23. The maximum atomic E-state index is 11.9.